The number of carbonyl (C=O) groups is 2. The molecule has 0 radical (unpaired) electrons. The molecule has 0 aliphatic rings. The van der Waals surface area contributed by atoms with Crippen LogP contribution in [0.1, 0.15) is 31.1 Å². The molecule has 0 fully saturated rings. The van der Waals surface area contributed by atoms with Crippen molar-refractivity contribution in [1.82, 2.24) is 5.32 Å². The summed E-state index contributed by atoms with van der Waals surface area (Å²) in [6.45, 7) is 6.04. The van der Waals surface area contributed by atoms with E-state index >= 15 is 0 Å². The molecule has 37 heavy (non-hydrogen) atoms. The Morgan fingerprint density at radius 1 is 0.784 bits per heavy atom. The Bertz CT molecular complexity index is 1140. The molecule has 3 aromatic rings. The molecule has 0 aliphatic carbocycles. The molecule has 0 atom stereocenters. The van der Waals surface area contributed by atoms with Gasteiger partial charge in [-0.15, -0.1) is 0 Å². The van der Waals surface area contributed by atoms with Crippen LogP contribution in [0.4, 0.5) is 13.2 Å². The van der Waals surface area contributed by atoms with Crippen molar-refractivity contribution in [2.75, 3.05) is 19.8 Å². The highest BCUT2D eigenvalue weighted by molar-refractivity contribution is 6.99. The maximum atomic E-state index is 12.3. The molecule has 196 valence electrons. The van der Waals surface area contributed by atoms with Crippen molar-refractivity contribution in [3.8, 4) is 5.75 Å². The number of rotatable bonds is 10. The van der Waals surface area contributed by atoms with Gasteiger partial charge in [-0.2, -0.15) is 13.2 Å². The van der Waals surface area contributed by atoms with Crippen LogP contribution >= 0.6 is 0 Å². The molecular weight excluding hydrogens is 499 g/mol. The lowest BCUT2D eigenvalue weighted by Crippen LogP contribution is -2.66. The van der Waals surface area contributed by atoms with Gasteiger partial charge < -0.3 is 14.5 Å². The molecule has 0 unspecified atom stereocenters. The Balaban J connectivity index is 1.66. The van der Waals surface area contributed by atoms with Crippen LogP contribution in [0.15, 0.2) is 84.9 Å². The first-order valence-corrected chi connectivity index (χ1v) is 13.7. The number of nitrogens with one attached hydrogen (secondary N) is 1. The first-order valence-electron chi connectivity index (χ1n) is 11.8. The predicted octanol–water partition coefficient (Wildman–Crippen LogP) is 4.50. The maximum absolute atomic E-state index is 12.3. The number of amides is 1. The van der Waals surface area contributed by atoms with E-state index in [9.17, 15) is 22.8 Å². The zero-order valence-electron chi connectivity index (χ0n) is 21.0. The lowest BCUT2D eigenvalue weighted by Gasteiger charge is -2.43. The molecule has 0 bridgehead atoms. The van der Waals surface area contributed by atoms with Crippen molar-refractivity contribution in [1.29, 1.82) is 0 Å². The number of ketones is 1. The summed E-state index contributed by atoms with van der Waals surface area (Å²) < 4.78 is 49.5. The zero-order valence-corrected chi connectivity index (χ0v) is 22.0. The Hall–Kier alpha value is -3.43. The average molecular weight is 530 g/mol. The molecule has 5 nitrogen and oxygen atoms in total. The number of ether oxygens (including phenoxy) is 1. The minimum Gasteiger partial charge on any atom is -0.491 e. The fraction of sp³-hybridized carbons (Fsp3) is 0.286. The molecule has 0 aliphatic heterocycles. The van der Waals surface area contributed by atoms with E-state index in [1.165, 1.54) is 12.1 Å². The van der Waals surface area contributed by atoms with Gasteiger partial charge in [0.2, 0.25) is 0 Å². The Labute approximate surface area is 215 Å². The van der Waals surface area contributed by atoms with Crippen molar-refractivity contribution in [2.24, 2.45) is 0 Å². The summed E-state index contributed by atoms with van der Waals surface area (Å²) in [5, 5.41) is 4.13. The second-order valence-corrected chi connectivity index (χ2v) is 13.8. The summed E-state index contributed by atoms with van der Waals surface area (Å²) in [7, 11) is -2.68. The van der Waals surface area contributed by atoms with Gasteiger partial charge in [0.25, 0.3) is 20.0 Å². The summed E-state index contributed by atoms with van der Waals surface area (Å²) in [6, 6.07) is 26.4. The van der Waals surface area contributed by atoms with E-state index in [1.807, 2.05) is 41.7 Å². The van der Waals surface area contributed by atoms with Crippen LogP contribution < -0.4 is 20.4 Å². The van der Waals surface area contributed by atoms with Crippen molar-refractivity contribution in [3.63, 3.8) is 0 Å². The van der Waals surface area contributed by atoms with Crippen LogP contribution in [0.25, 0.3) is 0 Å². The van der Waals surface area contributed by atoms with Gasteiger partial charge in [0.1, 0.15) is 12.4 Å². The van der Waals surface area contributed by atoms with Gasteiger partial charge in [0.05, 0.1) is 13.2 Å². The molecule has 0 heterocycles. The van der Waals surface area contributed by atoms with Crippen molar-refractivity contribution in [2.45, 2.75) is 32.0 Å². The Kier molecular flexibility index (Phi) is 8.93. The maximum Gasteiger partial charge on any atom is 0.451 e. The quantitative estimate of drug-likeness (QED) is 0.310. The van der Waals surface area contributed by atoms with E-state index < -0.39 is 32.7 Å². The van der Waals surface area contributed by atoms with Gasteiger partial charge in [0, 0.05) is 5.56 Å². The smallest absolute Gasteiger partial charge is 0.451 e. The van der Waals surface area contributed by atoms with Gasteiger partial charge in [-0.25, -0.2) is 0 Å². The molecule has 3 aromatic carbocycles. The van der Waals surface area contributed by atoms with Crippen LogP contribution in [0.3, 0.4) is 0 Å². The molecule has 0 saturated heterocycles. The van der Waals surface area contributed by atoms with Crippen molar-refractivity contribution < 1.29 is 31.9 Å². The van der Waals surface area contributed by atoms with Gasteiger partial charge >= 0.3 is 6.18 Å². The minimum absolute atomic E-state index is 0.117. The SMILES string of the molecule is CC(C)(C)[Si](OCCOc1ccc(C(=O)NCC(=O)C(F)(F)F)cc1)(c1ccccc1)c1ccccc1. The molecule has 0 spiro atoms. The number of halogens is 3. The average Bonchev–Trinajstić information content (AvgIpc) is 2.87. The van der Waals surface area contributed by atoms with Crippen molar-refractivity contribution >= 4 is 30.4 Å². The molecule has 1 N–H and O–H groups in total. The van der Waals surface area contributed by atoms with E-state index in [4.69, 9.17) is 9.16 Å². The van der Waals surface area contributed by atoms with E-state index in [1.54, 1.807) is 12.1 Å². The number of alkyl halides is 3. The topological polar surface area (TPSA) is 64.6 Å². The van der Waals surface area contributed by atoms with Gasteiger partial charge in [0.15, 0.2) is 0 Å². The van der Waals surface area contributed by atoms with E-state index in [0.717, 1.165) is 10.4 Å². The van der Waals surface area contributed by atoms with Crippen molar-refractivity contribution in [3.05, 3.63) is 90.5 Å². The lowest BCUT2D eigenvalue weighted by atomic mass is 10.2. The third-order valence-electron chi connectivity index (χ3n) is 5.93. The fourth-order valence-corrected chi connectivity index (χ4v) is 8.73. The predicted molar refractivity (Wildman–Crippen MR) is 139 cm³/mol. The number of Topliss-reactive ketones (excluding diaryl/α,β-unsaturated/α-hetero) is 1. The number of benzene rings is 3. The normalized spacial score (nSPS) is 12.2. The van der Waals surface area contributed by atoms with Gasteiger partial charge in [-0.05, 0) is 39.7 Å². The highest BCUT2D eigenvalue weighted by Crippen LogP contribution is 2.36. The van der Waals surface area contributed by atoms with E-state index in [-0.39, 0.29) is 17.2 Å². The third kappa shape index (κ3) is 6.87. The Morgan fingerprint density at radius 2 is 1.30 bits per heavy atom. The second kappa shape index (κ2) is 11.7. The van der Waals surface area contributed by atoms with Crippen LogP contribution in [-0.2, 0) is 9.22 Å². The summed E-state index contributed by atoms with van der Waals surface area (Å²) in [5.41, 5.74) is 0.117. The highest BCUT2D eigenvalue weighted by atomic mass is 28.4. The fourth-order valence-electron chi connectivity index (χ4n) is 4.18. The number of carbonyl (C=O) groups excluding carboxylic acids is 2. The summed E-state index contributed by atoms with van der Waals surface area (Å²) in [5.74, 6) is -2.31. The van der Waals surface area contributed by atoms with Crippen LogP contribution in [-0.4, -0.2) is 45.9 Å². The molecule has 0 saturated carbocycles. The number of hydrogen-bond acceptors (Lipinski definition) is 4. The Morgan fingerprint density at radius 3 is 1.76 bits per heavy atom. The summed E-state index contributed by atoms with van der Waals surface area (Å²) in [4.78, 5) is 23.0. The summed E-state index contributed by atoms with van der Waals surface area (Å²) >= 11 is 0. The molecule has 0 aromatic heterocycles. The van der Waals surface area contributed by atoms with E-state index in [0.29, 0.717) is 12.4 Å². The molecule has 3 rings (SSSR count). The number of hydrogen-bond donors (Lipinski definition) is 1. The van der Waals surface area contributed by atoms with E-state index in [2.05, 4.69) is 45.0 Å². The summed E-state index contributed by atoms with van der Waals surface area (Å²) in [6.07, 6.45) is -4.98. The second-order valence-electron chi connectivity index (χ2n) is 9.49. The molecule has 9 heteroatoms. The van der Waals surface area contributed by atoms with Crippen LogP contribution in [0.2, 0.25) is 5.04 Å². The minimum atomic E-state index is -4.98. The zero-order chi connectivity index (χ0) is 27.1. The standard InChI is InChI=1S/C28H30F3NO4Si/c1-27(2,3)37(23-10-6-4-7-11-23,24-12-8-5-9-13-24)36-19-18-35-22-16-14-21(15-17-22)26(34)32-20-25(33)28(29,30)31/h4-17H,18-20H2,1-3H3,(H,32,34). The van der Waals surface area contributed by atoms with Gasteiger partial charge in [-0.1, -0.05) is 81.4 Å². The van der Waals surface area contributed by atoms with Gasteiger partial charge in [-0.3, -0.25) is 9.59 Å². The first-order chi connectivity index (χ1) is 17.4. The molecule has 1 amide bonds. The molecular formula is C28H30F3NO4Si. The monoisotopic (exact) mass is 529 g/mol. The lowest BCUT2D eigenvalue weighted by molar-refractivity contribution is -0.169. The van der Waals surface area contributed by atoms with Crippen LogP contribution in [0.5, 0.6) is 5.75 Å². The first kappa shape index (κ1) is 28.1. The van der Waals surface area contributed by atoms with Crippen LogP contribution in [0, 0.1) is 0 Å². The highest BCUT2D eigenvalue weighted by Gasteiger charge is 2.50. The third-order valence-corrected chi connectivity index (χ3v) is 11.0. The largest absolute Gasteiger partial charge is 0.491 e.